The van der Waals surface area contributed by atoms with Crippen molar-refractivity contribution in [2.24, 2.45) is 0 Å². The molecule has 1 unspecified atom stereocenters. The molecular formula is C15H18N4O2. The fourth-order valence-electron chi connectivity index (χ4n) is 2.64. The van der Waals surface area contributed by atoms with Gasteiger partial charge in [0.25, 0.3) is 5.91 Å². The van der Waals surface area contributed by atoms with E-state index in [-0.39, 0.29) is 11.8 Å². The Hall–Kier alpha value is -2.37. The van der Waals surface area contributed by atoms with Gasteiger partial charge in [-0.3, -0.25) is 9.59 Å². The first-order valence-corrected chi connectivity index (χ1v) is 7.19. The van der Waals surface area contributed by atoms with Crippen molar-refractivity contribution < 1.29 is 9.59 Å². The van der Waals surface area contributed by atoms with E-state index in [2.05, 4.69) is 15.6 Å². The smallest absolute Gasteiger partial charge is 0.272 e. The van der Waals surface area contributed by atoms with Gasteiger partial charge in [0.1, 0.15) is 17.4 Å². The number of carbonyl (C=O) groups is 2. The number of imidazole rings is 1. The summed E-state index contributed by atoms with van der Waals surface area (Å²) in [5.41, 5.74) is 1.88. The maximum Gasteiger partial charge on any atom is 0.272 e. The molecule has 1 atom stereocenters. The van der Waals surface area contributed by atoms with E-state index in [1.807, 2.05) is 35.7 Å². The lowest BCUT2D eigenvalue weighted by Gasteiger charge is -2.14. The summed E-state index contributed by atoms with van der Waals surface area (Å²) < 4.78 is 1.86. The highest BCUT2D eigenvalue weighted by Gasteiger charge is 2.25. The number of pyridine rings is 1. The fourth-order valence-corrected chi connectivity index (χ4v) is 2.64. The van der Waals surface area contributed by atoms with Crippen molar-refractivity contribution in [3.8, 4) is 0 Å². The normalized spacial score (nSPS) is 19.1. The molecule has 2 amide bonds. The summed E-state index contributed by atoms with van der Waals surface area (Å²) >= 11 is 0. The molecule has 0 aromatic carbocycles. The maximum atomic E-state index is 12.4. The number of aryl methyl sites for hydroxylation is 1. The van der Waals surface area contributed by atoms with Gasteiger partial charge in [-0.2, -0.15) is 0 Å². The Morgan fingerprint density at radius 3 is 3.10 bits per heavy atom. The van der Waals surface area contributed by atoms with Gasteiger partial charge >= 0.3 is 0 Å². The summed E-state index contributed by atoms with van der Waals surface area (Å²) in [7, 11) is 0. The van der Waals surface area contributed by atoms with Crippen LogP contribution < -0.4 is 10.6 Å². The Morgan fingerprint density at radius 2 is 2.29 bits per heavy atom. The lowest BCUT2D eigenvalue weighted by molar-refractivity contribution is -0.122. The largest absolute Gasteiger partial charge is 0.354 e. The van der Waals surface area contributed by atoms with Gasteiger partial charge in [0, 0.05) is 12.7 Å². The number of amides is 2. The molecule has 0 saturated carbocycles. The van der Waals surface area contributed by atoms with Gasteiger partial charge in [-0.15, -0.1) is 0 Å². The lowest BCUT2D eigenvalue weighted by Crippen LogP contribution is -2.45. The van der Waals surface area contributed by atoms with E-state index in [0.717, 1.165) is 24.2 Å². The zero-order valence-electron chi connectivity index (χ0n) is 11.9. The van der Waals surface area contributed by atoms with Crippen LogP contribution in [0.25, 0.3) is 5.65 Å². The third-order valence-corrected chi connectivity index (χ3v) is 3.82. The molecule has 6 nitrogen and oxygen atoms in total. The zero-order valence-corrected chi connectivity index (χ0v) is 11.9. The van der Waals surface area contributed by atoms with E-state index >= 15 is 0 Å². The molecule has 1 aliphatic rings. The van der Waals surface area contributed by atoms with E-state index in [0.29, 0.717) is 18.7 Å². The van der Waals surface area contributed by atoms with Gasteiger partial charge in [-0.25, -0.2) is 4.98 Å². The number of aromatic nitrogens is 2. The number of nitrogens with zero attached hydrogens (tertiary/aromatic N) is 2. The van der Waals surface area contributed by atoms with Crippen LogP contribution in [0, 0.1) is 6.92 Å². The molecule has 6 heteroatoms. The standard InChI is InChI=1S/C15H18N4O2/c1-10-13(18-12-7-3-5-9-19(10)12)15(21)17-11-6-2-4-8-16-14(11)20/h3,5,7,9,11H,2,4,6,8H2,1H3,(H,16,20)(H,17,21). The lowest BCUT2D eigenvalue weighted by atomic mass is 10.1. The predicted molar refractivity (Wildman–Crippen MR) is 78.0 cm³/mol. The summed E-state index contributed by atoms with van der Waals surface area (Å²) in [4.78, 5) is 28.6. The van der Waals surface area contributed by atoms with Crippen molar-refractivity contribution in [1.29, 1.82) is 0 Å². The highest BCUT2D eigenvalue weighted by atomic mass is 16.2. The number of rotatable bonds is 2. The number of fused-ring (bicyclic) bond motifs is 1. The topological polar surface area (TPSA) is 75.5 Å². The van der Waals surface area contributed by atoms with Crippen LogP contribution in [0.15, 0.2) is 24.4 Å². The molecule has 2 aromatic heterocycles. The Kier molecular flexibility index (Phi) is 3.60. The second-order valence-electron chi connectivity index (χ2n) is 5.29. The molecule has 21 heavy (non-hydrogen) atoms. The predicted octanol–water partition coefficient (Wildman–Crippen LogP) is 1.04. The highest BCUT2D eigenvalue weighted by Crippen LogP contribution is 2.12. The third kappa shape index (κ3) is 2.61. The molecule has 3 heterocycles. The second-order valence-corrected chi connectivity index (χ2v) is 5.29. The molecule has 2 N–H and O–H groups in total. The molecule has 0 spiro atoms. The van der Waals surface area contributed by atoms with E-state index < -0.39 is 6.04 Å². The first-order valence-electron chi connectivity index (χ1n) is 7.19. The van der Waals surface area contributed by atoms with Crippen molar-refractivity contribution in [2.75, 3.05) is 6.54 Å². The zero-order chi connectivity index (χ0) is 14.8. The van der Waals surface area contributed by atoms with Crippen LogP contribution in [0.5, 0.6) is 0 Å². The summed E-state index contributed by atoms with van der Waals surface area (Å²) in [6.07, 6.45) is 4.41. The van der Waals surface area contributed by atoms with Gasteiger partial charge in [0.2, 0.25) is 5.91 Å². The number of hydrogen-bond acceptors (Lipinski definition) is 3. The van der Waals surface area contributed by atoms with Crippen molar-refractivity contribution in [1.82, 2.24) is 20.0 Å². The highest BCUT2D eigenvalue weighted by molar-refractivity contribution is 5.97. The molecule has 110 valence electrons. The van der Waals surface area contributed by atoms with E-state index in [4.69, 9.17) is 0 Å². The number of carbonyl (C=O) groups excluding carboxylic acids is 2. The molecule has 0 radical (unpaired) electrons. The fraction of sp³-hybridized carbons (Fsp3) is 0.400. The Labute approximate surface area is 122 Å². The van der Waals surface area contributed by atoms with Gasteiger partial charge in [0.05, 0.1) is 5.69 Å². The average molecular weight is 286 g/mol. The van der Waals surface area contributed by atoms with Crippen molar-refractivity contribution >= 4 is 17.5 Å². The summed E-state index contributed by atoms with van der Waals surface area (Å²) in [6.45, 7) is 2.53. The summed E-state index contributed by atoms with van der Waals surface area (Å²) in [5.74, 6) is -0.402. The molecule has 0 bridgehead atoms. The van der Waals surface area contributed by atoms with E-state index in [1.54, 1.807) is 0 Å². The van der Waals surface area contributed by atoms with E-state index in [1.165, 1.54) is 0 Å². The van der Waals surface area contributed by atoms with Crippen molar-refractivity contribution in [3.63, 3.8) is 0 Å². The van der Waals surface area contributed by atoms with Crippen LogP contribution in [0.3, 0.4) is 0 Å². The number of hydrogen-bond donors (Lipinski definition) is 2. The second kappa shape index (κ2) is 5.55. The van der Waals surface area contributed by atoms with Gasteiger partial charge in [-0.05, 0) is 38.3 Å². The maximum absolute atomic E-state index is 12.4. The molecule has 1 fully saturated rings. The average Bonchev–Trinajstić information content (AvgIpc) is 2.69. The summed E-state index contributed by atoms with van der Waals surface area (Å²) in [6, 6.07) is 5.15. The molecule has 0 aliphatic carbocycles. The number of nitrogens with one attached hydrogen (secondary N) is 2. The van der Waals surface area contributed by atoms with Crippen molar-refractivity contribution in [3.05, 3.63) is 35.8 Å². The quantitative estimate of drug-likeness (QED) is 0.866. The molecule has 1 saturated heterocycles. The Morgan fingerprint density at radius 1 is 1.43 bits per heavy atom. The first-order chi connectivity index (χ1) is 10.2. The molecular weight excluding hydrogens is 268 g/mol. The Balaban J connectivity index is 1.83. The van der Waals surface area contributed by atoms with Gasteiger partial charge in [-0.1, -0.05) is 6.07 Å². The SMILES string of the molecule is Cc1c(C(=O)NC2CCCCNC2=O)nc2ccccn12. The minimum atomic E-state index is -0.468. The third-order valence-electron chi connectivity index (χ3n) is 3.82. The van der Waals surface area contributed by atoms with Gasteiger partial charge in [0.15, 0.2) is 0 Å². The molecule has 3 rings (SSSR count). The van der Waals surface area contributed by atoms with Crippen LogP contribution in [-0.4, -0.2) is 33.8 Å². The minimum absolute atomic E-state index is 0.109. The Bertz CT molecular complexity index is 692. The van der Waals surface area contributed by atoms with Crippen LogP contribution in [0.1, 0.15) is 35.4 Å². The van der Waals surface area contributed by atoms with Crippen LogP contribution in [-0.2, 0) is 4.79 Å². The summed E-state index contributed by atoms with van der Waals surface area (Å²) in [5, 5.41) is 5.61. The van der Waals surface area contributed by atoms with Crippen LogP contribution >= 0.6 is 0 Å². The molecule has 2 aromatic rings. The van der Waals surface area contributed by atoms with E-state index in [9.17, 15) is 9.59 Å². The van der Waals surface area contributed by atoms with Crippen molar-refractivity contribution in [2.45, 2.75) is 32.2 Å². The minimum Gasteiger partial charge on any atom is -0.354 e. The van der Waals surface area contributed by atoms with Gasteiger partial charge < -0.3 is 15.0 Å². The van der Waals surface area contributed by atoms with Crippen LogP contribution in [0.2, 0.25) is 0 Å². The van der Waals surface area contributed by atoms with Crippen LogP contribution in [0.4, 0.5) is 0 Å². The molecule has 1 aliphatic heterocycles. The monoisotopic (exact) mass is 286 g/mol. The first kappa shape index (κ1) is 13.6.